The first-order chi connectivity index (χ1) is 10.6. The number of aromatic nitrogens is 2. The maximum Gasteiger partial charge on any atom is 0.317 e. The summed E-state index contributed by atoms with van der Waals surface area (Å²) < 4.78 is 1.81. The molecule has 1 spiro atoms. The molecule has 0 saturated carbocycles. The van der Waals surface area contributed by atoms with Gasteiger partial charge >= 0.3 is 6.03 Å². The van der Waals surface area contributed by atoms with Crippen LogP contribution >= 0.6 is 0 Å². The number of likely N-dealkylation sites (tertiary alicyclic amines) is 1. The molecule has 2 N–H and O–H groups in total. The maximum absolute atomic E-state index is 12.3. The van der Waals surface area contributed by atoms with E-state index in [9.17, 15) is 9.59 Å². The molecule has 120 valence electrons. The Labute approximate surface area is 130 Å². The Morgan fingerprint density at radius 1 is 1.50 bits per heavy atom. The van der Waals surface area contributed by atoms with Gasteiger partial charge in [-0.05, 0) is 31.2 Å². The third-order valence-corrected chi connectivity index (χ3v) is 4.70. The van der Waals surface area contributed by atoms with Crippen LogP contribution in [0.2, 0.25) is 0 Å². The molecular formula is C15H23N5O2. The lowest BCUT2D eigenvalue weighted by atomic mass is 9.78. The zero-order chi connectivity index (χ0) is 15.6. The average Bonchev–Trinajstić information content (AvgIpc) is 3.10. The Hall–Kier alpha value is -2.05. The first kappa shape index (κ1) is 14.9. The molecule has 22 heavy (non-hydrogen) atoms. The Bertz CT molecular complexity index is 534. The topological polar surface area (TPSA) is 79.3 Å². The van der Waals surface area contributed by atoms with Crippen LogP contribution in [0.25, 0.3) is 0 Å². The summed E-state index contributed by atoms with van der Waals surface area (Å²) in [7, 11) is 0. The monoisotopic (exact) mass is 305 g/mol. The standard InChI is InChI=1S/C15H23N5O2/c1-12(10-20-6-2-5-17-20)18-14(22)19-7-3-15(4-8-19)9-13(21)16-11-15/h2,5-6,12H,3-4,7-11H2,1H3,(H,16,21)(H,18,22). The molecule has 0 radical (unpaired) electrons. The van der Waals surface area contributed by atoms with E-state index in [4.69, 9.17) is 0 Å². The largest absolute Gasteiger partial charge is 0.356 e. The molecule has 2 fully saturated rings. The Morgan fingerprint density at radius 3 is 2.86 bits per heavy atom. The lowest BCUT2D eigenvalue weighted by molar-refractivity contribution is -0.119. The summed E-state index contributed by atoms with van der Waals surface area (Å²) in [6.07, 6.45) is 6.02. The van der Waals surface area contributed by atoms with Gasteiger partial charge in [-0.25, -0.2) is 4.79 Å². The van der Waals surface area contributed by atoms with Crippen molar-refractivity contribution in [3.8, 4) is 0 Å². The number of rotatable bonds is 3. The van der Waals surface area contributed by atoms with Crippen LogP contribution in [0, 0.1) is 5.41 Å². The molecule has 1 aromatic rings. The van der Waals surface area contributed by atoms with Crippen molar-refractivity contribution >= 4 is 11.9 Å². The molecule has 0 aromatic carbocycles. The summed E-state index contributed by atoms with van der Waals surface area (Å²) in [6, 6.07) is 1.88. The second-order valence-corrected chi connectivity index (χ2v) is 6.52. The third-order valence-electron chi connectivity index (χ3n) is 4.70. The summed E-state index contributed by atoms with van der Waals surface area (Å²) in [4.78, 5) is 25.6. The lowest BCUT2D eigenvalue weighted by Gasteiger charge is -2.38. The molecule has 0 bridgehead atoms. The summed E-state index contributed by atoms with van der Waals surface area (Å²) in [5.41, 5.74) is 0.0779. The highest BCUT2D eigenvalue weighted by atomic mass is 16.2. The predicted molar refractivity (Wildman–Crippen MR) is 81.1 cm³/mol. The minimum atomic E-state index is -0.0215. The van der Waals surface area contributed by atoms with Crippen molar-refractivity contribution in [2.75, 3.05) is 19.6 Å². The van der Waals surface area contributed by atoms with E-state index in [0.29, 0.717) is 13.0 Å². The number of carbonyl (C=O) groups is 2. The van der Waals surface area contributed by atoms with Gasteiger partial charge in [0.15, 0.2) is 0 Å². The number of hydrogen-bond donors (Lipinski definition) is 2. The first-order valence-electron chi connectivity index (χ1n) is 7.86. The second-order valence-electron chi connectivity index (χ2n) is 6.52. The van der Waals surface area contributed by atoms with Gasteiger partial charge in [-0.15, -0.1) is 0 Å². The van der Waals surface area contributed by atoms with Gasteiger partial charge in [-0.1, -0.05) is 0 Å². The molecule has 1 unspecified atom stereocenters. The highest BCUT2D eigenvalue weighted by Crippen LogP contribution is 2.37. The van der Waals surface area contributed by atoms with E-state index >= 15 is 0 Å². The van der Waals surface area contributed by atoms with Gasteiger partial charge in [-0.2, -0.15) is 5.10 Å². The molecule has 2 aliphatic rings. The van der Waals surface area contributed by atoms with Crippen molar-refractivity contribution in [1.29, 1.82) is 0 Å². The van der Waals surface area contributed by atoms with E-state index in [1.165, 1.54) is 0 Å². The number of nitrogens with zero attached hydrogens (tertiary/aromatic N) is 3. The van der Waals surface area contributed by atoms with Crippen LogP contribution in [0.3, 0.4) is 0 Å². The summed E-state index contributed by atoms with van der Waals surface area (Å²) in [6.45, 7) is 4.83. The van der Waals surface area contributed by atoms with Crippen molar-refractivity contribution in [3.05, 3.63) is 18.5 Å². The average molecular weight is 305 g/mol. The molecular weight excluding hydrogens is 282 g/mol. The second kappa shape index (κ2) is 5.98. The van der Waals surface area contributed by atoms with Gasteiger partial charge in [0.25, 0.3) is 0 Å². The molecule has 3 amide bonds. The summed E-state index contributed by atoms with van der Waals surface area (Å²) in [5.74, 6) is 0.144. The van der Waals surface area contributed by atoms with Gasteiger partial charge < -0.3 is 15.5 Å². The Balaban J connectivity index is 1.46. The van der Waals surface area contributed by atoms with Crippen LogP contribution in [0.5, 0.6) is 0 Å². The molecule has 2 aliphatic heterocycles. The van der Waals surface area contributed by atoms with E-state index in [0.717, 1.165) is 32.5 Å². The molecule has 0 aliphatic carbocycles. The fourth-order valence-electron chi connectivity index (χ4n) is 3.33. The van der Waals surface area contributed by atoms with Crippen molar-refractivity contribution in [1.82, 2.24) is 25.3 Å². The number of amides is 3. The van der Waals surface area contributed by atoms with Crippen LogP contribution in [-0.4, -0.2) is 52.3 Å². The zero-order valence-corrected chi connectivity index (χ0v) is 12.9. The third kappa shape index (κ3) is 3.23. The Morgan fingerprint density at radius 2 is 2.27 bits per heavy atom. The summed E-state index contributed by atoms with van der Waals surface area (Å²) in [5, 5.41) is 10.1. The Kier molecular flexibility index (Phi) is 4.04. The molecule has 1 aromatic heterocycles. The van der Waals surface area contributed by atoms with Gasteiger partial charge in [0.2, 0.25) is 5.91 Å². The van der Waals surface area contributed by atoms with Crippen molar-refractivity contribution in [3.63, 3.8) is 0 Å². The smallest absolute Gasteiger partial charge is 0.317 e. The number of piperidine rings is 1. The van der Waals surface area contributed by atoms with Gasteiger partial charge in [0.1, 0.15) is 0 Å². The van der Waals surface area contributed by atoms with Crippen molar-refractivity contribution < 1.29 is 9.59 Å². The van der Waals surface area contributed by atoms with E-state index in [2.05, 4.69) is 15.7 Å². The number of nitrogens with one attached hydrogen (secondary N) is 2. The van der Waals surface area contributed by atoms with Crippen molar-refractivity contribution in [2.45, 2.75) is 38.8 Å². The number of carbonyl (C=O) groups excluding carboxylic acids is 2. The number of hydrogen-bond acceptors (Lipinski definition) is 3. The van der Waals surface area contributed by atoms with Gasteiger partial charge in [-0.3, -0.25) is 9.48 Å². The first-order valence-corrected chi connectivity index (χ1v) is 7.86. The lowest BCUT2D eigenvalue weighted by Crippen LogP contribution is -2.50. The highest BCUT2D eigenvalue weighted by Gasteiger charge is 2.41. The van der Waals surface area contributed by atoms with E-state index in [1.54, 1.807) is 6.20 Å². The number of urea groups is 1. The van der Waals surface area contributed by atoms with E-state index < -0.39 is 0 Å². The highest BCUT2D eigenvalue weighted by molar-refractivity contribution is 5.79. The van der Waals surface area contributed by atoms with E-state index in [1.807, 2.05) is 28.8 Å². The molecule has 3 rings (SSSR count). The molecule has 2 saturated heterocycles. The molecule has 7 nitrogen and oxygen atoms in total. The van der Waals surface area contributed by atoms with Crippen LogP contribution < -0.4 is 10.6 Å². The maximum atomic E-state index is 12.3. The predicted octanol–water partition coefficient (Wildman–Crippen LogP) is 0.583. The van der Waals surface area contributed by atoms with Crippen LogP contribution in [0.1, 0.15) is 26.2 Å². The van der Waals surface area contributed by atoms with Crippen LogP contribution in [0.15, 0.2) is 18.5 Å². The van der Waals surface area contributed by atoms with Crippen LogP contribution in [-0.2, 0) is 11.3 Å². The fraction of sp³-hybridized carbons (Fsp3) is 0.667. The van der Waals surface area contributed by atoms with Crippen LogP contribution in [0.4, 0.5) is 4.79 Å². The molecule has 3 heterocycles. The zero-order valence-electron chi connectivity index (χ0n) is 12.9. The van der Waals surface area contributed by atoms with E-state index in [-0.39, 0.29) is 23.4 Å². The molecule has 7 heteroatoms. The normalized spacial score (nSPS) is 21.7. The SMILES string of the molecule is CC(Cn1cccn1)NC(=O)N1CCC2(CC1)CNC(=O)C2. The van der Waals surface area contributed by atoms with Gasteiger partial charge in [0.05, 0.1) is 6.54 Å². The van der Waals surface area contributed by atoms with Crippen molar-refractivity contribution in [2.24, 2.45) is 5.41 Å². The van der Waals surface area contributed by atoms with Gasteiger partial charge in [0, 0.05) is 44.5 Å². The quantitative estimate of drug-likeness (QED) is 0.857. The minimum Gasteiger partial charge on any atom is -0.356 e. The fourth-order valence-corrected chi connectivity index (χ4v) is 3.33. The molecule has 1 atom stereocenters. The summed E-state index contributed by atoms with van der Waals surface area (Å²) >= 11 is 0. The minimum absolute atomic E-state index is 0.0215.